The molecule has 8 heteroatoms. The topological polar surface area (TPSA) is 56.1 Å². The molecule has 2 aromatic carbocycles. The lowest BCUT2D eigenvalue weighted by atomic mass is 10.2. The molecule has 0 saturated carbocycles. The predicted molar refractivity (Wildman–Crippen MR) is 100 cm³/mol. The van der Waals surface area contributed by atoms with Crippen molar-refractivity contribution in [2.75, 3.05) is 0 Å². The van der Waals surface area contributed by atoms with Crippen LogP contribution in [0.5, 0.6) is 5.75 Å². The van der Waals surface area contributed by atoms with Crippen molar-refractivity contribution in [3.63, 3.8) is 0 Å². The van der Waals surface area contributed by atoms with Crippen LogP contribution in [0.2, 0.25) is 0 Å². The third kappa shape index (κ3) is 4.71. The molecule has 1 aromatic heterocycles. The van der Waals surface area contributed by atoms with E-state index in [-0.39, 0.29) is 18.0 Å². The summed E-state index contributed by atoms with van der Waals surface area (Å²) in [5.74, 6) is -0.393. The number of alkyl halides is 2. The molecular weight excluding hydrogens is 420 g/mol. The van der Waals surface area contributed by atoms with Crippen LogP contribution in [0.25, 0.3) is 5.69 Å². The minimum Gasteiger partial charge on any atom is -0.434 e. The average molecular weight is 436 g/mol. The van der Waals surface area contributed by atoms with Crippen molar-refractivity contribution in [3.05, 3.63) is 76.0 Å². The molecule has 27 heavy (non-hydrogen) atoms. The molecule has 5 nitrogen and oxygen atoms in total. The predicted octanol–water partition coefficient (Wildman–Crippen LogP) is 4.47. The largest absolute Gasteiger partial charge is 0.434 e. The van der Waals surface area contributed by atoms with Crippen molar-refractivity contribution in [1.29, 1.82) is 0 Å². The van der Waals surface area contributed by atoms with Crippen LogP contribution in [0.3, 0.4) is 0 Å². The van der Waals surface area contributed by atoms with E-state index in [2.05, 4.69) is 31.1 Å². The van der Waals surface area contributed by atoms with Crippen molar-refractivity contribution in [1.82, 2.24) is 15.1 Å². The Labute approximate surface area is 163 Å². The number of nitrogens with zero attached hydrogens (tertiary/aromatic N) is 2. The number of carbonyl (C=O) groups excluding carboxylic acids is 1. The van der Waals surface area contributed by atoms with Gasteiger partial charge in [0.25, 0.3) is 5.91 Å². The van der Waals surface area contributed by atoms with Gasteiger partial charge in [-0.3, -0.25) is 4.79 Å². The zero-order chi connectivity index (χ0) is 19.4. The van der Waals surface area contributed by atoms with Gasteiger partial charge in [0.05, 0.1) is 5.69 Å². The van der Waals surface area contributed by atoms with E-state index >= 15 is 0 Å². The first-order valence-corrected chi connectivity index (χ1v) is 8.87. The molecule has 0 aliphatic heterocycles. The Kier molecular flexibility index (Phi) is 5.85. The normalized spacial score (nSPS) is 10.9. The second-order valence-electron chi connectivity index (χ2n) is 5.73. The van der Waals surface area contributed by atoms with E-state index < -0.39 is 12.5 Å². The number of hydrogen-bond acceptors (Lipinski definition) is 3. The van der Waals surface area contributed by atoms with Crippen LogP contribution in [-0.4, -0.2) is 22.3 Å². The van der Waals surface area contributed by atoms with E-state index in [1.165, 1.54) is 6.07 Å². The number of ether oxygens (including phenoxy) is 1. The summed E-state index contributed by atoms with van der Waals surface area (Å²) in [6.45, 7) is -1.07. The van der Waals surface area contributed by atoms with Gasteiger partial charge in [0.1, 0.15) is 5.75 Å². The van der Waals surface area contributed by atoms with Crippen LogP contribution >= 0.6 is 15.9 Å². The quantitative estimate of drug-likeness (QED) is 0.621. The Morgan fingerprint density at radius 3 is 2.67 bits per heavy atom. The minimum absolute atomic E-state index is 0.0134. The Hall–Kier alpha value is -2.74. The molecule has 1 amide bonds. The fraction of sp³-hybridized carbons (Fsp3) is 0.158. The number of nitrogens with one attached hydrogen (secondary N) is 1. The van der Waals surface area contributed by atoms with E-state index in [0.717, 1.165) is 11.4 Å². The molecule has 3 aromatic rings. The number of carbonyl (C=O) groups is 1. The summed E-state index contributed by atoms with van der Waals surface area (Å²) in [7, 11) is 0. The van der Waals surface area contributed by atoms with Gasteiger partial charge in [-0.2, -0.15) is 13.9 Å². The van der Waals surface area contributed by atoms with Gasteiger partial charge in [-0.25, -0.2) is 4.68 Å². The van der Waals surface area contributed by atoms with Gasteiger partial charge >= 0.3 is 6.61 Å². The molecule has 0 aliphatic rings. The van der Waals surface area contributed by atoms with E-state index in [1.54, 1.807) is 22.9 Å². The first kappa shape index (κ1) is 19.0. The summed E-state index contributed by atoms with van der Waals surface area (Å²) < 4.78 is 31.9. The van der Waals surface area contributed by atoms with Gasteiger partial charge in [-0.15, -0.1) is 0 Å². The average Bonchev–Trinajstić information content (AvgIpc) is 3.04. The SMILES string of the molecule is Cc1cc(C(=O)NCc2cc(Br)ccc2OC(F)F)nn1-c1ccccc1. The van der Waals surface area contributed by atoms with Crippen molar-refractivity contribution < 1.29 is 18.3 Å². The number of para-hydroxylation sites is 1. The van der Waals surface area contributed by atoms with E-state index in [1.807, 2.05) is 37.3 Å². The highest BCUT2D eigenvalue weighted by molar-refractivity contribution is 9.10. The molecular formula is C19H16BrF2N3O2. The maximum Gasteiger partial charge on any atom is 0.387 e. The Balaban J connectivity index is 1.75. The Morgan fingerprint density at radius 2 is 1.96 bits per heavy atom. The molecule has 0 radical (unpaired) electrons. The first-order valence-electron chi connectivity index (χ1n) is 8.07. The first-order chi connectivity index (χ1) is 12.9. The third-order valence-corrected chi connectivity index (χ3v) is 4.29. The van der Waals surface area contributed by atoms with Gasteiger partial charge in [0, 0.05) is 22.3 Å². The number of aryl methyl sites for hydroxylation is 1. The van der Waals surface area contributed by atoms with Gasteiger partial charge in [-0.05, 0) is 43.3 Å². The Morgan fingerprint density at radius 1 is 1.22 bits per heavy atom. The van der Waals surface area contributed by atoms with E-state index in [0.29, 0.717) is 10.0 Å². The van der Waals surface area contributed by atoms with Crippen molar-refractivity contribution in [2.24, 2.45) is 0 Å². The number of aromatic nitrogens is 2. The number of halogens is 3. The van der Waals surface area contributed by atoms with Gasteiger partial charge in [0.15, 0.2) is 5.69 Å². The number of hydrogen-bond donors (Lipinski definition) is 1. The molecule has 140 valence electrons. The number of benzene rings is 2. The van der Waals surface area contributed by atoms with Crippen LogP contribution in [0.4, 0.5) is 8.78 Å². The molecule has 3 rings (SSSR count). The summed E-state index contributed by atoms with van der Waals surface area (Å²) >= 11 is 3.28. The van der Waals surface area contributed by atoms with Gasteiger partial charge in [0.2, 0.25) is 0 Å². The van der Waals surface area contributed by atoms with Crippen LogP contribution in [0.1, 0.15) is 21.7 Å². The van der Waals surface area contributed by atoms with E-state index in [9.17, 15) is 13.6 Å². The lowest BCUT2D eigenvalue weighted by Gasteiger charge is -2.11. The molecule has 0 bridgehead atoms. The highest BCUT2D eigenvalue weighted by Gasteiger charge is 2.15. The molecule has 1 heterocycles. The fourth-order valence-corrected chi connectivity index (χ4v) is 2.99. The fourth-order valence-electron chi connectivity index (χ4n) is 2.58. The summed E-state index contributed by atoms with van der Waals surface area (Å²) in [6, 6.07) is 15.7. The standard InChI is InChI=1S/C19H16BrF2N3O2/c1-12-9-16(24-25(12)15-5-3-2-4-6-15)18(26)23-11-13-10-14(20)7-8-17(13)27-19(21)22/h2-10,19H,11H2,1H3,(H,23,26). The smallest absolute Gasteiger partial charge is 0.387 e. The second kappa shape index (κ2) is 8.30. The number of rotatable bonds is 6. The molecule has 1 N–H and O–H groups in total. The van der Waals surface area contributed by atoms with Gasteiger partial charge < -0.3 is 10.1 Å². The molecule has 0 saturated heterocycles. The van der Waals surface area contributed by atoms with Crippen LogP contribution in [-0.2, 0) is 6.54 Å². The summed E-state index contributed by atoms with van der Waals surface area (Å²) in [5.41, 5.74) is 2.31. The Bertz CT molecular complexity index is 945. The maximum absolute atomic E-state index is 12.5. The highest BCUT2D eigenvalue weighted by Crippen LogP contribution is 2.25. The third-order valence-electron chi connectivity index (χ3n) is 3.80. The molecule has 0 aliphatic carbocycles. The summed E-state index contributed by atoms with van der Waals surface area (Å²) in [6.07, 6.45) is 0. The van der Waals surface area contributed by atoms with Crippen LogP contribution in [0.15, 0.2) is 59.1 Å². The summed E-state index contributed by atoms with van der Waals surface area (Å²) in [5, 5.41) is 7.01. The molecule has 0 unspecified atom stereocenters. The monoisotopic (exact) mass is 435 g/mol. The molecule has 0 fully saturated rings. The summed E-state index contributed by atoms with van der Waals surface area (Å²) in [4.78, 5) is 12.4. The van der Waals surface area contributed by atoms with Crippen LogP contribution in [0, 0.1) is 6.92 Å². The van der Waals surface area contributed by atoms with Gasteiger partial charge in [-0.1, -0.05) is 34.1 Å². The zero-order valence-corrected chi connectivity index (χ0v) is 15.9. The molecule has 0 spiro atoms. The van der Waals surface area contributed by atoms with Crippen molar-refractivity contribution in [3.8, 4) is 11.4 Å². The van der Waals surface area contributed by atoms with Crippen LogP contribution < -0.4 is 10.1 Å². The zero-order valence-electron chi connectivity index (χ0n) is 14.3. The molecule has 0 atom stereocenters. The lowest BCUT2D eigenvalue weighted by molar-refractivity contribution is -0.0504. The minimum atomic E-state index is -2.94. The van der Waals surface area contributed by atoms with E-state index in [4.69, 9.17) is 0 Å². The van der Waals surface area contributed by atoms with Crippen molar-refractivity contribution in [2.45, 2.75) is 20.1 Å². The second-order valence-corrected chi connectivity index (χ2v) is 6.65. The van der Waals surface area contributed by atoms with Crippen molar-refractivity contribution >= 4 is 21.8 Å². The lowest BCUT2D eigenvalue weighted by Crippen LogP contribution is -2.24. The number of amides is 1. The maximum atomic E-state index is 12.5. The highest BCUT2D eigenvalue weighted by atomic mass is 79.9.